The predicted molar refractivity (Wildman–Crippen MR) is 92.5 cm³/mol. The Morgan fingerprint density at radius 3 is 1.76 bits per heavy atom. The Hall–Kier alpha value is -0.0800. The standard InChI is InChI=1S/C19H38N2/c1-3-14-19(2,15-20)16-21(17-10-6-4-7-11-17)18-12-8-5-9-13-18/h17-18H,3-16,20H2,1-2H3. The lowest BCUT2D eigenvalue weighted by Crippen LogP contribution is -2.51. The molecule has 1 atom stereocenters. The van der Waals surface area contributed by atoms with Crippen LogP contribution in [0.3, 0.4) is 0 Å². The van der Waals surface area contributed by atoms with Crippen molar-refractivity contribution in [2.75, 3.05) is 13.1 Å². The average molecular weight is 295 g/mol. The van der Waals surface area contributed by atoms with Crippen LogP contribution in [0.1, 0.15) is 90.9 Å². The Morgan fingerprint density at radius 2 is 1.38 bits per heavy atom. The van der Waals surface area contributed by atoms with E-state index in [0.29, 0.717) is 5.41 Å². The fourth-order valence-electron chi connectivity index (χ4n) is 4.67. The molecule has 0 heterocycles. The molecule has 2 nitrogen and oxygen atoms in total. The Morgan fingerprint density at radius 1 is 0.905 bits per heavy atom. The summed E-state index contributed by atoms with van der Waals surface area (Å²) in [5.41, 5.74) is 6.50. The second-order valence-electron chi connectivity index (χ2n) is 8.02. The van der Waals surface area contributed by atoms with E-state index in [0.717, 1.165) is 18.6 Å². The lowest BCUT2D eigenvalue weighted by molar-refractivity contribution is 0.0379. The highest BCUT2D eigenvalue weighted by atomic mass is 15.2. The van der Waals surface area contributed by atoms with Gasteiger partial charge in [0.1, 0.15) is 0 Å². The van der Waals surface area contributed by atoms with Gasteiger partial charge < -0.3 is 5.73 Å². The van der Waals surface area contributed by atoms with Crippen LogP contribution in [0, 0.1) is 5.41 Å². The molecule has 0 bridgehead atoms. The molecule has 2 N–H and O–H groups in total. The normalized spacial score (nSPS) is 25.1. The molecule has 0 aliphatic heterocycles. The maximum absolute atomic E-state index is 6.17. The first-order valence-corrected chi connectivity index (χ1v) is 9.64. The molecular weight excluding hydrogens is 256 g/mol. The summed E-state index contributed by atoms with van der Waals surface area (Å²) in [5, 5.41) is 0. The molecule has 124 valence electrons. The zero-order valence-electron chi connectivity index (χ0n) is 14.6. The van der Waals surface area contributed by atoms with Crippen LogP contribution in [0.25, 0.3) is 0 Å². The van der Waals surface area contributed by atoms with Crippen molar-refractivity contribution in [2.24, 2.45) is 11.1 Å². The maximum Gasteiger partial charge on any atom is 0.00984 e. The zero-order chi connectivity index (χ0) is 15.1. The summed E-state index contributed by atoms with van der Waals surface area (Å²) in [6.45, 7) is 6.82. The average Bonchev–Trinajstić information content (AvgIpc) is 2.55. The third kappa shape index (κ3) is 4.96. The van der Waals surface area contributed by atoms with E-state index in [9.17, 15) is 0 Å². The first-order chi connectivity index (χ1) is 10.2. The second-order valence-corrected chi connectivity index (χ2v) is 8.02. The smallest absolute Gasteiger partial charge is 0.00984 e. The van der Waals surface area contributed by atoms with Crippen LogP contribution in [0.4, 0.5) is 0 Å². The Labute approximate surface area is 132 Å². The summed E-state index contributed by atoms with van der Waals surface area (Å²) in [6.07, 6.45) is 17.0. The van der Waals surface area contributed by atoms with E-state index in [1.807, 2.05) is 0 Å². The SMILES string of the molecule is CCCC(C)(CN)CN(C1CCCCC1)C1CCCCC1. The van der Waals surface area contributed by atoms with Gasteiger partial charge in [-0.15, -0.1) is 0 Å². The third-order valence-corrected chi connectivity index (χ3v) is 6.00. The molecule has 2 saturated carbocycles. The number of nitrogens with zero attached hydrogens (tertiary/aromatic N) is 1. The Bertz CT molecular complexity index is 261. The van der Waals surface area contributed by atoms with Gasteiger partial charge in [0.15, 0.2) is 0 Å². The molecule has 2 aliphatic rings. The Kier molecular flexibility index (Phi) is 7.01. The molecule has 1 unspecified atom stereocenters. The summed E-state index contributed by atoms with van der Waals surface area (Å²) >= 11 is 0. The number of hydrogen-bond acceptors (Lipinski definition) is 2. The van der Waals surface area contributed by atoms with Gasteiger partial charge in [0.25, 0.3) is 0 Å². The summed E-state index contributed by atoms with van der Waals surface area (Å²) in [7, 11) is 0. The van der Waals surface area contributed by atoms with Crippen molar-refractivity contribution in [3.63, 3.8) is 0 Å². The molecule has 0 amide bonds. The van der Waals surface area contributed by atoms with Crippen LogP contribution in [0.15, 0.2) is 0 Å². The lowest BCUT2D eigenvalue weighted by atomic mass is 9.81. The molecule has 2 fully saturated rings. The van der Waals surface area contributed by atoms with Gasteiger partial charge >= 0.3 is 0 Å². The van der Waals surface area contributed by atoms with Crippen LogP contribution in [-0.2, 0) is 0 Å². The third-order valence-electron chi connectivity index (χ3n) is 6.00. The van der Waals surface area contributed by atoms with E-state index in [1.54, 1.807) is 0 Å². The van der Waals surface area contributed by atoms with E-state index in [4.69, 9.17) is 5.73 Å². The van der Waals surface area contributed by atoms with E-state index in [1.165, 1.54) is 83.6 Å². The second kappa shape index (κ2) is 8.53. The molecule has 21 heavy (non-hydrogen) atoms. The summed E-state index contributed by atoms with van der Waals surface area (Å²) in [5.74, 6) is 0. The van der Waals surface area contributed by atoms with Crippen molar-refractivity contribution in [3.05, 3.63) is 0 Å². The molecule has 2 heteroatoms. The van der Waals surface area contributed by atoms with Gasteiger partial charge in [-0.25, -0.2) is 0 Å². The maximum atomic E-state index is 6.17. The summed E-state index contributed by atoms with van der Waals surface area (Å²) in [6, 6.07) is 1.70. The minimum Gasteiger partial charge on any atom is -0.330 e. The monoisotopic (exact) mass is 294 g/mol. The first-order valence-electron chi connectivity index (χ1n) is 9.64. The minimum atomic E-state index is 0.323. The molecule has 2 rings (SSSR count). The van der Waals surface area contributed by atoms with Crippen LogP contribution >= 0.6 is 0 Å². The topological polar surface area (TPSA) is 29.3 Å². The van der Waals surface area contributed by atoms with Gasteiger partial charge in [-0.05, 0) is 44.1 Å². The van der Waals surface area contributed by atoms with Crippen LogP contribution < -0.4 is 5.73 Å². The van der Waals surface area contributed by atoms with E-state index >= 15 is 0 Å². The zero-order valence-corrected chi connectivity index (χ0v) is 14.6. The van der Waals surface area contributed by atoms with Crippen LogP contribution in [0.2, 0.25) is 0 Å². The van der Waals surface area contributed by atoms with Gasteiger partial charge in [0, 0.05) is 18.6 Å². The van der Waals surface area contributed by atoms with Crippen molar-refractivity contribution < 1.29 is 0 Å². The molecule has 0 aromatic rings. The molecule has 0 aromatic carbocycles. The molecule has 0 radical (unpaired) electrons. The number of nitrogens with two attached hydrogens (primary N) is 1. The molecule has 2 aliphatic carbocycles. The largest absolute Gasteiger partial charge is 0.330 e. The van der Waals surface area contributed by atoms with Crippen molar-refractivity contribution in [1.29, 1.82) is 0 Å². The lowest BCUT2D eigenvalue weighted by Gasteiger charge is -2.46. The summed E-state index contributed by atoms with van der Waals surface area (Å²) in [4.78, 5) is 2.93. The highest BCUT2D eigenvalue weighted by Crippen LogP contribution is 2.34. The van der Waals surface area contributed by atoms with Gasteiger partial charge in [0.05, 0.1) is 0 Å². The molecular formula is C19H38N2. The Balaban J connectivity index is 2.05. The summed E-state index contributed by atoms with van der Waals surface area (Å²) < 4.78 is 0. The fourth-order valence-corrected chi connectivity index (χ4v) is 4.67. The van der Waals surface area contributed by atoms with Gasteiger partial charge in [-0.3, -0.25) is 4.90 Å². The van der Waals surface area contributed by atoms with E-state index in [-0.39, 0.29) is 0 Å². The van der Waals surface area contributed by atoms with Gasteiger partial charge in [-0.1, -0.05) is 58.8 Å². The molecule has 0 aromatic heterocycles. The molecule has 0 spiro atoms. The van der Waals surface area contributed by atoms with Crippen LogP contribution in [0.5, 0.6) is 0 Å². The first kappa shape index (κ1) is 17.3. The van der Waals surface area contributed by atoms with Gasteiger partial charge in [0.2, 0.25) is 0 Å². The highest BCUT2D eigenvalue weighted by molar-refractivity contribution is 4.89. The van der Waals surface area contributed by atoms with E-state index in [2.05, 4.69) is 18.7 Å². The van der Waals surface area contributed by atoms with Crippen molar-refractivity contribution in [2.45, 2.75) is 103 Å². The van der Waals surface area contributed by atoms with Gasteiger partial charge in [-0.2, -0.15) is 0 Å². The quantitative estimate of drug-likeness (QED) is 0.736. The number of rotatable bonds is 7. The minimum absolute atomic E-state index is 0.323. The van der Waals surface area contributed by atoms with Crippen molar-refractivity contribution >= 4 is 0 Å². The predicted octanol–water partition coefficient (Wildman–Crippen LogP) is 4.72. The number of hydrogen-bond donors (Lipinski definition) is 1. The van der Waals surface area contributed by atoms with Crippen molar-refractivity contribution in [1.82, 2.24) is 4.90 Å². The highest BCUT2D eigenvalue weighted by Gasteiger charge is 2.34. The fraction of sp³-hybridized carbons (Fsp3) is 1.00. The van der Waals surface area contributed by atoms with Crippen molar-refractivity contribution in [3.8, 4) is 0 Å². The molecule has 0 saturated heterocycles. The van der Waals surface area contributed by atoms with Crippen LogP contribution in [-0.4, -0.2) is 30.1 Å². The van der Waals surface area contributed by atoms with E-state index < -0.39 is 0 Å².